The van der Waals surface area contributed by atoms with E-state index in [0.29, 0.717) is 0 Å². The summed E-state index contributed by atoms with van der Waals surface area (Å²) in [5.74, 6) is 0. The van der Waals surface area contributed by atoms with Gasteiger partial charge in [-0.25, -0.2) is 0 Å². The van der Waals surface area contributed by atoms with E-state index in [1.165, 1.54) is 6.07 Å². The molecule has 0 amide bonds. The molecule has 0 aliphatic rings. The molecule has 2 nitrogen and oxygen atoms in total. The Kier molecular flexibility index (Phi) is 3.83. The molecule has 0 aliphatic carbocycles. The smallest absolute Gasteiger partial charge is 0.387 e. The molecule has 1 aromatic rings. The maximum absolute atomic E-state index is 12.4. The van der Waals surface area contributed by atoms with Crippen LogP contribution in [0.25, 0.3) is 0 Å². The summed E-state index contributed by atoms with van der Waals surface area (Å²) in [4.78, 5) is 0. The van der Waals surface area contributed by atoms with Gasteiger partial charge in [0.05, 0.1) is 16.7 Å². The number of aliphatic hydroxyl groups is 1. The normalized spacial score (nSPS) is 15.9. The molecule has 0 fully saturated rings. The summed E-state index contributed by atoms with van der Waals surface area (Å²) in [5.41, 5.74) is 4.78. The summed E-state index contributed by atoms with van der Waals surface area (Å²) in [5, 5.41) is 9.11. The lowest BCUT2D eigenvalue weighted by Gasteiger charge is -2.16. The largest absolute Gasteiger partial charge is 0.417 e. The molecule has 1 rings (SSSR count). The molecule has 90 valence electrons. The maximum atomic E-state index is 12.4. The lowest BCUT2D eigenvalue weighted by Crippen LogP contribution is -2.24. The van der Waals surface area contributed by atoms with E-state index in [0.717, 1.165) is 12.1 Å². The van der Waals surface area contributed by atoms with Crippen LogP contribution in [0.4, 0.5) is 13.2 Å². The first kappa shape index (κ1) is 13.3. The first-order valence-corrected chi connectivity index (χ1v) is 4.91. The predicted molar refractivity (Wildman–Crippen MR) is 55.1 cm³/mol. The number of hydrogen-bond donors (Lipinski definition) is 2. The topological polar surface area (TPSA) is 46.2 Å². The molecule has 16 heavy (non-hydrogen) atoms. The van der Waals surface area contributed by atoms with Crippen molar-refractivity contribution in [2.24, 2.45) is 5.73 Å². The van der Waals surface area contributed by atoms with Gasteiger partial charge in [-0.1, -0.05) is 17.7 Å². The summed E-state index contributed by atoms with van der Waals surface area (Å²) in [6.07, 6.45) is -5.52. The third-order valence-corrected chi connectivity index (χ3v) is 2.45. The first-order chi connectivity index (χ1) is 7.23. The van der Waals surface area contributed by atoms with Crippen molar-refractivity contribution in [3.8, 4) is 0 Å². The lowest BCUT2D eigenvalue weighted by molar-refractivity contribution is -0.137. The summed E-state index contributed by atoms with van der Waals surface area (Å²) < 4.78 is 37.1. The van der Waals surface area contributed by atoms with Crippen LogP contribution >= 0.6 is 11.6 Å². The Labute approximate surface area is 95.8 Å². The molecule has 3 N–H and O–H groups in total. The molecule has 0 spiro atoms. The van der Waals surface area contributed by atoms with E-state index in [-0.39, 0.29) is 5.56 Å². The first-order valence-electron chi connectivity index (χ1n) is 4.53. The van der Waals surface area contributed by atoms with Crippen LogP contribution in [0.3, 0.4) is 0 Å². The fourth-order valence-electron chi connectivity index (χ4n) is 1.25. The van der Waals surface area contributed by atoms with Crippen molar-refractivity contribution in [2.75, 3.05) is 0 Å². The zero-order valence-corrected chi connectivity index (χ0v) is 9.18. The molecular formula is C10H11ClF3NO. The Morgan fingerprint density at radius 2 is 1.94 bits per heavy atom. The van der Waals surface area contributed by atoms with Crippen LogP contribution in [0.1, 0.15) is 24.2 Å². The van der Waals surface area contributed by atoms with Crippen LogP contribution in [0.15, 0.2) is 18.2 Å². The lowest BCUT2D eigenvalue weighted by atomic mass is 10.0. The van der Waals surface area contributed by atoms with Gasteiger partial charge in [0.25, 0.3) is 0 Å². The Balaban J connectivity index is 3.09. The van der Waals surface area contributed by atoms with Gasteiger partial charge in [0.15, 0.2) is 0 Å². The molecular weight excluding hydrogens is 243 g/mol. The Hall–Kier alpha value is -0.780. The van der Waals surface area contributed by atoms with Crippen LogP contribution in [0, 0.1) is 0 Å². The van der Waals surface area contributed by atoms with Gasteiger partial charge in [-0.2, -0.15) is 13.2 Å². The minimum Gasteiger partial charge on any atom is -0.387 e. The molecule has 0 saturated heterocycles. The maximum Gasteiger partial charge on any atom is 0.417 e. The van der Waals surface area contributed by atoms with Gasteiger partial charge in [0.1, 0.15) is 0 Å². The van der Waals surface area contributed by atoms with Crippen LogP contribution in [0.5, 0.6) is 0 Å². The number of benzene rings is 1. The number of rotatable bonds is 2. The van der Waals surface area contributed by atoms with E-state index in [1.54, 1.807) is 6.92 Å². The fraction of sp³-hybridized carbons (Fsp3) is 0.400. The average molecular weight is 254 g/mol. The number of hydrogen-bond acceptors (Lipinski definition) is 2. The van der Waals surface area contributed by atoms with Crippen LogP contribution in [-0.4, -0.2) is 11.1 Å². The quantitative estimate of drug-likeness (QED) is 0.851. The van der Waals surface area contributed by atoms with E-state index < -0.39 is 28.9 Å². The third-order valence-electron chi connectivity index (χ3n) is 2.14. The Morgan fingerprint density at radius 3 is 2.31 bits per heavy atom. The van der Waals surface area contributed by atoms with Gasteiger partial charge in [0.2, 0.25) is 0 Å². The minimum atomic E-state index is -4.49. The molecule has 0 saturated carbocycles. The molecule has 6 heteroatoms. The predicted octanol–water partition coefficient (Wildman–Crippen LogP) is 2.74. The van der Waals surface area contributed by atoms with Crippen LogP contribution in [0.2, 0.25) is 5.02 Å². The van der Waals surface area contributed by atoms with Crippen molar-refractivity contribution >= 4 is 11.6 Å². The molecule has 0 bridgehead atoms. The van der Waals surface area contributed by atoms with E-state index in [4.69, 9.17) is 17.3 Å². The molecule has 0 unspecified atom stereocenters. The van der Waals surface area contributed by atoms with Crippen molar-refractivity contribution in [3.63, 3.8) is 0 Å². The number of alkyl halides is 3. The second kappa shape index (κ2) is 4.61. The Morgan fingerprint density at radius 1 is 1.38 bits per heavy atom. The molecule has 2 atom stereocenters. The van der Waals surface area contributed by atoms with Gasteiger partial charge >= 0.3 is 6.18 Å². The fourth-order valence-corrected chi connectivity index (χ4v) is 1.54. The van der Waals surface area contributed by atoms with Crippen molar-refractivity contribution in [3.05, 3.63) is 34.3 Å². The third kappa shape index (κ3) is 2.87. The zero-order valence-electron chi connectivity index (χ0n) is 8.42. The standard InChI is InChI=1S/C10H11ClF3NO/c1-5(15)9(16)6-2-3-7(8(11)4-6)10(12,13)14/h2-5,9,16H,15H2,1H3/t5-,9-/m0/s1. The molecule has 0 aliphatic heterocycles. The van der Waals surface area contributed by atoms with E-state index in [1.807, 2.05) is 0 Å². The summed E-state index contributed by atoms with van der Waals surface area (Å²) in [7, 11) is 0. The summed E-state index contributed by atoms with van der Waals surface area (Å²) in [6.45, 7) is 1.55. The molecule has 0 heterocycles. The summed E-state index contributed by atoms with van der Waals surface area (Å²) >= 11 is 5.49. The van der Waals surface area contributed by atoms with Gasteiger partial charge in [-0.15, -0.1) is 0 Å². The number of aliphatic hydroxyl groups excluding tert-OH is 1. The number of halogens is 4. The van der Waals surface area contributed by atoms with Gasteiger partial charge < -0.3 is 10.8 Å². The van der Waals surface area contributed by atoms with Gasteiger partial charge in [0, 0.05) is 6.04 Å². The highest BCUT2D eigenvalue weighted by Gasteiger charge is 2.33. The second-order valence-corrected chi connectivity index (χ2v) is 3.95. The molecule has 1 aromatic carbocycles. The Bertz CT molecular complexity index is 379. The van der Waals surface area contributed by atoms with E-state index in [9.17, 15) is 18.3 Å². The minimum absolute atomic E-state index is 0.271. The van der Waals surface area contributed by atoms with Crippen molar-refractivity contribution in [1.82, 2.24) is 0 Å². The SMILES string of the molecule is C[C@H](N)[C@H](O)c1ccc(C(F)(F)F)c(Cl)c1. The van der Waals surface area contributed by atoms with Crippen LogP contribution in [-0.2, 0) is 6.18 Å². The molecule has 0 radical (unpaired) electrons. The average Bonchev–Trinajstić information content (AvgIpc) is 2.14. The van der Waals surface area contributed by atoms with Crippen LogP contribution < -0.4 is 5.73 Å². The van der Waals surface area contributed by atoms with E-state index in [2.05, 4.69) is 0 Å². The second-order valence-electron chi connectivity index (χ2n) is 3.54. The van der Waals surface area contributed by atoms with Gasteiger partial charge in [-0.05, 0) is 24.6 Å². The van der Waals surface area contributed by atoms with Crippen molar-refractivity contribution < 1.29 is 18.3 Å². The number of nitrogens with two attached hydrogens (primary N) is 1. The molecule has 0 aromatic heterocycles. The highest BCUT2D eigenvalue weighted by molar-refractivity contribution is 6.31. The van der Waals surface area contributed by atoms with Crippen molar-refractivity contribution in [2.45, 2.75) is 25.2 Å². The highest BCUT2D eigenvalue weighted by Crippen LogP contribution is 2.35. The van der Waals surface area contributed by atoms with Crippen molar-refractivity contribution in [1.29, 1.82) is 0 Å². The monoisotopic (exact) mass is 253 g/mol. The zero-order chi connectivity index (χ0) is 12.5. The van der Waals surface area contributed by atoms with E-state index >= 15 is 0 Å². The highest BCUT2D eigenvalue weighted by atomic mass is 35.5. The van der Waals surface area contributed by atoms with Gasteiger partial charge in [-0.3, -0.25) is 0 Å². The summed E-state index contributed by atoms with van der Waals surface area (Å²) in [6, 6.07) is 2.51.